The monoisotopic (exact) mass is 653 g/mol. The third kappa shape index (κ3) is 4.76. The maximum atomic E-state index is 2.45. The lowest BCUT2D eigenvalue weighted by atomic mass is 9.79. The molecule has 0 amide bonds. The highest BCUT2D eigenvalue weighted by molar-refractivity contribution is 6.26. The highest BCUT2D eigenvalue weighted by Crippen LogP contribution is 2.44. The summed E-state index contributed by atoms with van der Waals surface area (Å²) in [6, 6.07) is 54.2. The topological polar surface area (TPSA) is 4.93 Å². The van der Waals surface area contributed by atoms with Crippen molar-refractivity contribution in [1.82, 2.24) is 4.57 Å². The van der Waals surface area contributed by atoms with Crippen LogP contribution in [0.4, 0.5) is 0 Å². The number of aromatic nitrogens is 1. The summed E-state index contributed by atoms with van der Waals surface area (Å²) in [6.45, 7) is 6.91. The highest BCUT2D eigenvalue weighted by Gasteiger charge is 2.22. The van der Waals surface area contributed by atoms with Gasteiger partial charge in [-0.2, -0.15) is 0 Å². The van der Waals surface area contributed by atoms with Crippen LogP contribution in [0.1, 0.15) is 38.7 Å². The largest absolute Gasteiger partial charge is 0.309 e. The molecule has 0 saturated heterocycles. The predicted octanol–water partition coefficient (Wildman–Crippen LogP) is 14.0. The predicted molar refractivity (Wildman–Crippen MR) is 219 cm³/mol. The molecule has 244 valence electrons. The van der Waals surface area contributed by atoms with Gasteiger partial charge in [-0.25, -0.2) is 0 Å². The van der Waals surface area contributed by atoms with Gasteiger partial charge in [0.1, 0.15) is 0 Å². The summed E-state index contributed by atoms with van der Waals surface area (Å²) in [5.74, 6) is 0.390. The normalized spacial score (nSPS) is 15.1. The number of rotatable bonds is 4. The van der Waals surface area contributed by atoms with E-state index >= 15 is 0 Å². The zero-order valence-electron chi connectivity index (χ0n) is 29.3. The number of benzene rings is 8. The molecular weight excluding hydrogens is 615 g/mol. The van der Waals surface area contributed by atoms with E-state index in [4.69, 9.17) is 0 Å². The van der Waals surface area contributed by atoms with Gasteiger partial charge in [-0.3, -0.25) is 0 Å². The molecule has 1 heterocycles. The first kappa shape index (κ1) is 29.9. The SMILES string of the molecule is CC(C)(C)C1=CCC(c2ccc3ccc4c(-c5ccc(-c6cccc(-n7c8ccccc8c8ccccc87)c6)cc5)ccc5ccc2c3c54)C=C1. The number of hydrogen-bond acceptors (Lipinski definition) is 0. The van der Waals surface area contributed by atoms with Crippen molar-refractivity contribution in [2.75, 3.05) is 0 Å². The van der Waals surface area contributed by atoms with Crippen molar-refractivity contribution in [3.05, 3.63) is 175 Å². The Morgan fingerprint density at radius 3 is 1.84 bits per heavy atom. The van der Waals surface area contributed by atoms with Gasteiger partial charge in [0, 0.05) is 22.4 Å². The second-order valence-corrected chi connectivity index (χ2v) is 15.3. The van der Waals surface area contributed by atoms with Gasteiger partial charge in [-0.15, -0.1) is 0 Å². The number of allylic oxidation sites excluding steroid dienone is 4. The molecule has 1 nitrogen and oxygen atoms in total. The third-order valence-corrected chi connectivity index (χ3v) is 11.3. The minimum absolute atomic E-state index is 0.177. The van der Waals surface area contributed by atoms with Crippen LogP contribution in [-0.2, 0) is 0 Å². The molecule has 1 aromatic heterocycles. The van der Waals surface area contributed by atoms with E-state index in [9.17, 15) is 0 Å². The van der Waals surface area contributed by atoms with E-state index < -0.39 is 0 Å². The van der Waals surface area contributed by atoms with Crippen LogP contribution in [0.3, 0.4) is 0 Å². The molecule has 1 heteroatoms. The summed E-state index contributed by atoms with van der Waals surface area (Å²) >= 11 is 0. The minimum atomic E-state index is 0.177. The van der Waals surface area contributed by atoms with Crippen LogP contribution in [0.2, 0.25) is 0 Å². The fraction of sp³-hybridized carbons (Fsp3) is 0.120. The number of hydrogen-bond donors (Lipinski definition) is 0. The zero-order chi connectivity index (χ0) is 34.3. The molecule has 1 unspecified atom stereocenters. The highest BCUT2D eigenvalue weighted by atomic mass is 15.0. The van der Waals surface area contributed by atoms with Crippen molar-refractivity contribution in [2.45, 2.75) is 33.1 Å². The van der Waals surface area contributed by atoms with Crippen LogP contribution in [0.15, 0.2) is 169 Å². The number of para-hydroxylation sites is 2. The quantitative estimate of drug-likeness (QED) is 0.167. The molecule has 0 bridgehead atoms. The fourth-order valence-electron chi connectivity index (χ4n) is 8.67. The van der Waals surface area contributed by atoms with Crippen molar-refractivity contribution < 1.29 is 0 Å². The first-order valence-electron chi connectivity index (χ1n) is 18.2. The number of nitrogens with zero attached hydrogens (tertiary/aromatic N) is 1. The molecule has 9 aromatic rings. The Labute approximate surface area is 299 Å². The van der Waals surface area contributed by atoms with Gasteiger partial charge >= 0.3 is 0 Å². The summed E-state index contributed by atoms with van der Waals surface area (Å²) in [6.07, 6.45) is 8.28. The Hall–Kier alpha value is -5.92. The first-order valence-corrected chi connectivity index (χ1v) is 18.2. The van der Waals surface area contributed by atoms with Crippen molar-refractivity contribution in [1.29, 1.82) is 0 Å². The first-order chi connectivity index (χ1) is 24.9. The Kier molecular flexibility index (Phi) is 6.64. The van der Waals surface area contributed by atoms with Gasteiger partial charge < -0.3 is 4.57 Å². The second kappa shape index (κ2) is 11.3. The Balaban J connectivity index is 1.04. The molecule has 0 N–H and O–H groups in total. The maximum absolute atomic E-state index is 2.45. The maximum Gasteiger partial charge on any atom is 0.0541 e. The van der Waals surface area contributed by atoms with Crippen LogP contribution in [-0.4, -0.2) is 4.57 Å². The van der Waals surface area contributed by atoms with E-state index in [0.29, 0.717) is 5.92 Å². The lowest BCUT2D eigenvalue weighted by Crippen LogP contribution is -2.11. The molecule has 0 aliphatic heterocycles. The standard InChI is InChI=1S/C50H39N/c1-50(2,3)38-25-19-34(20-26-38)41-28-22-36-23-29-44-40(27-21-35-24-30-45(41)49(36)48(35)44)33-17-15-32(16-18-33)37-9-8-10-39(31-37)51-46-13-6-4-11-42(46)43-12-5-7-14-47(43)51/h4-19,21-31,34H,20H2,1-3H3. The minimum Gasteiger partial charge on any atom is -0.309 e. The zero-order valence-corrected chi connectivity index (χ0v) is 29.3. The van der Waals surface area contributed by atoms with E-state index in [1.54, 1.807) is 0 Å². The molecule has 0 radical (unpaired) electrons. The van der Waals surface area contributed by atoms with Gasteiger partial charge in [-0.05, 0) is 102 Å². The number of fused-ring (bicyclic) bond motifs is 3. The molecular formula is C50H39N. The van der Waals surface area contributed by atoms with Crippen LogP contribution < -0.4 is 0 Å². The van der Waals surface area contributed by atoms with Crippen molar-refractivity contribution in [2.24, 2.45) is 5.41 Å². The second-order valence-electron chi connectivity index (χ2n) is 15.3. The van der Waals surface area contributed by atoms with E-state index in [1.807, 2.05) is 0 Å². The lowest BCUT2D eigenvalue weighted by Gasteiger charge is -2.26. The van der Waals surface area contributed by atoms with Crippen molar-refractivity contribution in [3.8, 4) is 27.9 Å². The smallest absolute Gasteiger partial charge is 0.0541 e. The third-order valence-electron chi connectivity index (χ3n) is 11.3. The molecule has 1 atom stereocenters. The molecule has 1 aliphatic carbocycles. The summed E-state index contributed by atoms with van der Waals surface area (Å²) < 4.78 is 2.39. The molecule has 10 rings (SSSR count). The van der Waals surface area contributed by atoms with Crippen LogP contribution >= 0.6 is 0 Å². The summed E-state index contributed by atoms with van der Waals surface area (Å²) in [5, 5.41) is 10.6. The average molecular weight is 654 g/mol. The van der Waals surface area contributed by atoms with Gasteiger partial charge in [0.05, 0.1) is 11.0 Å². The Morgan fingerprint density at radius 2 is 1.16 bits per heavy atom. The summed E-state index contributed by atoms with van der Waals surface area (Å²) in [4.78, 5) is 0. The van der Waals surface area contributed by atoms with Crippen LogP contribution in [0, 0.1) is 5.41 Å². The molecule has 8 aromatic carbocycles. The molecule has 1 aliphatic rings. The van der Waals surface area contributed by atoms with E-state index in [1.165, 1.54) is 93.2 Å². The fourth-order valence-corrected chi connectivity index (χ4v) is 8.67. The van der Waals surface area contributed by atoms with E-state index in [-0.39, 0.29) is 5.41 Å². The Bertz CT molecular complexity index is 2800. The molecule has 0 saturated carbocycles. The van der Waals surface area contributed by atoms with Crippen LogP contribution in [0.5, 0.6) is 0 Å². The Morgan fingerprint density at radius 1 is 0.529 bits per heavy atom. The van der Waals surface area contributed by atoms with Gasteiger partial charge in [-0.1, -0.05) is 160 Å². The molecule has 0 spiro atoms. The van der Waals surface area contributed by atoms with Crippen LogP contribution in [0.25, 0.3) is 82.1 Å². The molecule has 0 fully saturated rings. The van der Waals surface area contributed by atoms with E-state index in [2.05, 4.69) is 189 Å². The van der Waals surface area contributed by atoms with Gasteiger partial charge in [0.2, 0.25) is 0 Å². The van der Waals surface area contributed by atoms with Gasteiger partial charge in [0.25, 0.3) is 0 Å². The molecule has 51 heavy (non-hydrogen) atoms. The summed E-state index contributed by atoms with van der Waals surface area (Å²) in [7, 11) is 0. The van der Waals surface area contributed by atoms with Crippen molar-refractivity contribution in [3.63, 3.8) is 0 Å². The lowest BCUT2D eigenvalue weighted by molar-refractivity contribution is 0.510. The van der Waals surface area contributed by atoms with Crippen molar-refractivity contribution >= 4 is 54.1 Å². The van der Waals surface area contributed by atoms with E-state index in [0.717, 1.165) is 6.42 Å². The summed E-state index contributed by atoms with van der Waals surface area (Å²) in [5.41, 5.74) is 11.6. The van der Waals surface area contributed by atoms with Gasteiger partial charge in [0.15, 0.2) is 0 Å². The average Bonchev–Trinajstić information content (AvgIpc) is 3.51.